The Hall–Kier alpha value is -3.23. The maximum absolute atomic E-state index is 12.8. The van der Waals surface area contributed by atoms with Gasteiger partial charge in [-0.3, -0.25) is 10.1 Å². The van der Waals surface area contributed by atoms with Crippen molar-refractivity contribution in [1.29, 1.82) is 0 Å². The van der Waals surface area contributed by atoms with Gasteiger partial charge in [0.25, 0.3) is 5.91 Å². The molecule has 4 aromatic rings. The van der Waals surface area contributed by atoms with Gasteiger partial charge in [-0.25, -0.2) is 0 Å². The molecule has 1 N–H and O–H groups in total. The number of anilines is 1. The number of carbonyl (C=O) groups is 1. The molecule has 4 rings (SSSR count). The van der Waals surface area contributed by atoms with E-state index in [0.29, 0.717) is 22.1 Å². The molecule has 0 saturated carbocycles. The van der Waals surface area contributed by atoms with Gasteiger partial charge in [0.05, 0.1) is 5.69 Å². The van der Waals surface area contributed by atoms with Crippen molar-refractivity contribution in [1.82, 2.24) is 15.4 Å². The first-order chi connectivity index (χ1) is 14.7. The molecule has 0 radical (unpaired) electrons. The van der Waals surface area contributed by atoms with Crippen LogP contribution in [-0.2, 0) is 0 Å². The van der Waals surface area contributed by atoms with E-state index in [2.05, 4.69) is 45.0 Å². The average Bonchev–Trinajstić information content (AvgIpc) is 3.39. The summed E-state index contributed by atoms with van der Waals surface area (Å²) in [4.78, 5) is 12.8. The first-order valence-corrected chi connectivity index (χ1v) is 11.0. The molecular formula is C22H18N4O2S2. The third-order valence-corrected chi connectivity index (χ3v) is 6.09. The summed E-state index contributed by atoms with van der Waals surface area (Å²) in [6.07, 6.45) is 4.14. The van der Waals surface area contributed by atoms with Crippen LogP contribution >= 0.6 is 23.1 Å². The van der Waals surface area contributed by atoms with E-state index in [1.165, 1.54) is 11.3 Å². The highest BCUT2D eigenvalue weighted by Crippen LogP contribution is 2.29. The third kappa shape index (κ3) is 4.84. The Labute approximate surface area is 182 Å². The molecule has 0 aliphatic heterocycles. The molecule has 0 bridgehead atoms. The molecule has 150 valence electrons. The molecular weight excluding hydrogens is 416 g/mol. The standard InChI is InChI=1S/C22H18N4O2S2/c1-15-18(19(28-26-15)17-12-6-3-7-13-17)20(27)23-21-24-25-22(30-21)29-14-8-11-16-9-4-2-5-10-16/h2-13H,14H2,1H3,(H,23,24,27). The number of hydrogen-bond donors (Lipinski definition) is 1. The fourth-order valence-electron chi connectivity index (χ4n) is 2.77. The molecule has 0 aliphatic carbocycles. The van der Waals surface area contributed by atoms with E-state index in [1.54, 1.807) is 18.7 Å². The Morgan fingerprint density at radius 1 is 1.10 bits per heavy atom. The summed E-state index contributed by atoms with van der Waals surface area (Å²) in [5, 5.41) is 15.4. The van der Waals surface area contributed by atoms with Crippen molar-refractivity contribution in [3.8, 4) is 11.3 Å². The molecule has 6 nitrogen and oxygen atoms in total. The topological polar surface area (TPSA) is 80.9 Å². The van der Waals surface area contributed by atoms with Crippen LogP contribution in [-0.4, -0.2) is 27.0 Å². The Kier molecular flexibility index (Phi) is 6.36. The molecule has 30 heavy (non-hydrogen) atoms. The van der Waals surface area contributed by atoms with Gasteiger partial charge in [-0.2, -0.15) is 0 Å². The molecule has 0 saturated heterocycles. The lowest BCUT2D eigenvalue weighted by Crippen LogP contribution is -2.13. The van der Waals surface area contributed by atoms with Gasteiger partial charge in [0, 0.05) is 11.3 Å². The highest BCUT2D eigenvalue weighted by Gasteiger charge is 2.22. The van der Waals surface area contributed by atoms with Crippen LogP contribution in [0.15, 0.2) is 75.6 Å². The number of aryl methyl sites for hydroxylation is 1. The number of thioether (sulfide) groups is 1. The van der Waals surface area contributed by atoms with Gasteiger partial charge >= 0.3 is 0 Å². The molecule has 2 aromatic heterocycles. The molecule has 8 heteroatoms. The largest absolute Gasteiger partial charge is 0.355 e. The predicted molar refractivity (Wildman–Crippen MR) is 121 cm³/mol. The number of benzene rings is 2. The predicted octanol–water partition coefficient (Wildman–Crippen LogP) is 5.56. The number of hydrogen-bond acceptors (Lipinski definition) is 7. The second-order valence-corrected chi connectivity index (χ2v) is 8.53. The number of rotatable bonds is 7. The van der Waals surface area contributed by atoms with Crippen LogP contribution in [0.25, 0.3) is 17.4 Å². The van der Waals surface area contributed by atoms with Gasteiger partial charge in [-0.15, -0.1) is 10.2 Å². The SMILES string of the molecule is Cc1noc(-c2ccccc2)c1C(=O)Nc1nnc(SCC=Cc2ccccc2)s1. The Balaban J connectivity index is 1.39. The van der Waals surface area contributed by atoms with Crippen molar-refractivity contribution in [2.24, 2.45) is 0 Å². The van der Waals surface area contributed by atoms with Crippen LogP contribution in [0.3, 0.4) is 0 Å². The van der Waals surface area contributed by atoms with Gasteiger partial charge in [-0.05, 0) is 12.5 Å². The third-order valence-electron chi connectivity index (χ3n) is 4.17. The number of nitrogens with one attached hydrogen (secondary N) is 1. The van der Waals surface area contributed by atoms with Crippen LogP contribution in [0.4, 0.5) is 5.13 Å². The van der Waals surface area contributed by atoms with Crippen LogP contribution in [0, 0.1) is 6.92 Å². The van der Waals surface area contributed by atoms with E-state index in [9.17, 15) is 4.79 Å². The number of aromatic nitrogens is 3. The highest BCUT2D eigenvalue weighted by molar-refractivity contribution is 8.01. The summed E-state index contributed by atoms with van der Waals surface area (Å²) in [7, 11) is 0. The van der Waals surface area contributed by atoms with Crippen LogP contribution in [0.2, 0.25) is 0 Å². The molecule has 2 aromatic carbocycles. The molecule has 0 fully saturated rings. The zero-order valence-electron chi connectivity index (χ0n) is 16.1. The minimum atomic E-state index is -0.315. The fraction of sp³-hybridized carbons (Fsp3) is 0.0909. The lowest BCUT2D eigenvalue weighted by atomic mass is 10.1. The molecule has 2 heterocycles. The van der Waals surface area contributed by atoms with Gasteiger partial charge in [0.2, 0.25) is 5.13 Å². The molecule has 0 spiro atoms. The summed E-state index contributed by atoms with van der Waals surface area (Å²) in [5.74, 6) is 0.889. The second kappa shape index (κ2) is 9.51. The maximum Gasteiger partial charge on any atom is 0.263 e. The molecule has 0 atom stereocenters. The zero-order valence-corrected chi connectivity index (χ0v) is 17.7. The van der Waals surface area contributed by atoms with Crippen molar-refractivity contribution in [2.45, 2.75) is 11.3 Å². The molecule has 1 amide bonds. The van der Waals surface area contributed by atoms with Gasteiger partial charge in [0.15, 0.2) is 10.1 Å². The van der Waals surface area contributed by atoms with Crippen molar-refractivity contribution in [2.75, 3.05) is 11.1 Å². The van der Waals surface area contributed by atoms with Crippen LogP contribution in [0.5, 0.6) is 0 Å². The van der Waals surface area contributed by atoms with Gasteiger partial charge in [0.1, 0.15) is 5.56 Å². The van der Waals surface area contributed by atoms with Crippen LogP contribution < -0.4 is 5.32 Å². The number of amides is 1. The lowest BCUT2D eigenvalue weighted by molar-refractivity contribution is 0.102. The normalized spacial score (nSPS) is 11.1. The van der Waals surface area contributed by atoms with Gasteiger partial charge < -0.3 is 4.52 Å². The van der Waals surface area contributed by atoms with Crippen LogP contribution in [0.1, 0.15) is 21.6 Å². The highest BCUT2D eigenvalue weighted by atomic mass is 32.2. The Morgan fingerprint density at radius 2 is 1.83 bits per heavy atom. The first kappa shape index (κ1) is 20.1. The number of nitrogens with zero attached hydrogens (tertiary/aromatic N) is 3. The van der Waals surface area contributed by atoms with E-state index in [-0.39, 0.29) is 5.91 Å². The maximum atomic E-state index is 12.8. The van der Waals surface area contributed by atoms with Crippen molar-refractivity contribution in [3.05, 3.63) is 83.6 Å². The zero-order chi connectivity index (χ0) is 20.8. The summed E-state index contributed by atoms with van der Waals surface area (Å²) in [6, 6.07) is 19.5. The van der Waals surface area contributed by atoms with Crippen molar-refractivity contribution >= 4 is 40.2 Å². The minimum Gasteiger partial charge on any atom is -0.355 e. The van der Waals surface area contributed by atoms with Gasteiger partial charge in [-0.1, -0.05) is 101 Å². The number of carbonyl (C=O) groups excluding carboxylic acids is 1. The Bertz CT molecular complexity index is 1150. The monoisotopic (exact) mass is 434 g/mol. The average molecular weight is 435 g/mol. The van der Waals surface area contributed by atoms with Crippen molar-refractivity contribution < 1.29 is 9.32 Å². The summed E-state index contributed by atoms with van der Waals surface area (Å²) in [5.41, 5.74) is 2.87. The van der Waals surface area contributed by atoms with Crippen molar-refractivity contribution in [3.63, 3.8) is 0 Å². The first-order valence-electron chi connectivity index (χ1n) is 9.21. The Morgan fingerprint density at radius 3 is 2.60 bits per heavy atom. The second-order valence-electron chi connectivity index (χ2n) is 6.29. The van der Waals surface area contributed by atoms with E-state index in [4.69, 9.17) is 4.52 Å². The summed E-state index contributed by atoms with van der Waals surface area (Å²) < 4.78 is 6.18. The molecule has 0 aliphatic rings. The minimum absolute atomic E-state index is 0.315. The lowest BCUT2D eigenvalue weighted by Gasteiger charge is -2.02. The van der Waals surface area contributed by atoms with E-state index < -0.39 is 0 Å². The summed E-state index contributed by atoms with van der Waals surface area (Å²) >= 11 is 2.90. The van der Waals surface area contributed by atoms with E-state index in [0.717, 1.165) is 21.2 Å². The van der Waals surface area contributed by atoms with E-state index in [1.807, 2.05) is 48.5 Å². The quantitative estimate of drug-likeness (QED) is 0.303. The smallest absolute Gasteiger partial charge is 0.263 e. The summed E-state index contributed by atoms with van der Waals surface area (Å²) in [6.45, 7) is 1.74. The fourth-order valence-corrected chi connectivity index (χ4v) is 4.35. The van der Waals surface area contributed by atoms with E-state index >= 15 is 0 Å². The molecule has 0 unspecified atom stereocenters.